The largest absolute Gasteiger partial charge is 0.337 e. The first-order valence-corrected chi connectivity index (χ1v) is 6.01. The molecule has 2 rings (SSSR count). The van der Waals surface area contributed by atoms with Crippen LogP contribution in [0.5, 0.6) is 0 Å². The molecule has 2 heterocycles. The van der Waals surface area contributed by atoms with E-state index in [1.54, 1.807) is 12.4 Å². The van der Waals surface area contributed by atoms with Gasteiger partial charge in [0, 0.05) is 25.5 Å². The van der Waals surface area contributed by atoms with Gasteiger partial charge in [0.15, 0.2) is 0 Å². The Balaban J connectivity index is 2.00. The summed E-state index contributed by atoms with van der Waals surface area (Å²) in [4.78, 5) is 22.0. The first-order chi connectivity index (χ1) is 8.31. The van der Waals surface area contributed by atoms with E-state index in [0.717, 1.165) is 26.1 Å². The van der Waals surface area contributed by atoms with Gasteiger partial charge in [-0.2, -0.15) is 0 Å². The molecule has 1 fully saturated rings. The van der Waals surface area contributed by atoms with Crippen molar-refractivity contribution in [2.75, 3.05) is 26.7 Å². The van der Waals surface area contributed by atoms with Crippen molar-refractivity contribution in [2.24, 2.45) is 5.92 Å². The average Bonchev–Trinajstić information content (AvgIpc) is 2.40. The zero-order valence-electron chi connectivity index (χ0n) is 10.1. The van der Waals surface area contributed by atoms with Gasteiger partial charge in [-0.05, 0) is 32.4 Å². The van der Waals surface area contributed by atoms with Gasteiger partial charge in [0.25, 0.3) is 5.91 Å². The van der Waals surface area contributed by atoms with Gasteiger partial charge in [-0.25, -0.2) is 4.98 Å². The first kappa shape index (κ1) is 12.0. The number of hydrogen-bond acceptors (Lipinski definition) is 4. The molecule has 1 aromatic heterocycles. The van der Waals surface area contributed by atoms with Crippen LogP contribution < -0.4 is 5.32 Å². The number of carbonyl (C=O) groups excluding carboxylic acids is 1. The molecule has 1 unspecified atom stereocenters. The van der Waals surface area contributed by atoms with Crippen LogP contribution in [0.2, 0.25) is 0 Å². The number of aromatic nitrogens is 2. The van der Waals surface area contributed by atoms with E-state index < -0.39 is 0 Å². The summed E-state index contributed by atoms with van der Waals surface area (Å²) in [6.07, 6.45) is 6.92. The molecule has 1 amide bonds. The van der Waals surface area contributed by atoms with E-state index in [1.807, 2.05) is 11.9 Å². The van der Waals surface area contributed by atoms with E-state index in [-0.39, 0.29) is 5.91 Å². The third-order valence-electron chi connectivity index (χ3n) is 3.08. The molecule has 0 saturated carbocycles. The van der Waals surface area contributed by atoms with Gasteiger partial charge < -0.3 is 10.2 Å². The minimum absolute atomic E-state index is 0.00102. The van der Waals surface area contributed by atoms with Gasteiger partial charge in [0.1, 0.15) is 5.69 Å². The summed E-state index contributed by atoms with van der Waals surface area (Å²) in [6.45, 7) is 2.61. The maximum Gasteiger partial charge on any atom is 0.274 e. The Bertz CT molecular complexity index is 366. The highest BCUT2D eigenvalue weighted by Gasteiger charge is 2.24. The highest BCUT2D eigenvalue weighted by molar-refractivity contribution is 5.92. The molecule has 0 spiro atoms. The lowest BCUT2D eigenvalue weighted by molar-refractivity contribution is 0.0668. The van der Waals surface area contributed by atoms with Gasteiger partial charge in [-0.1, -0.05) is 0 Å². The third-order valence-corrected chi connectivity index (χ3v) is 3.08. The van der Waals surface area contributed by atoms with Gasteiger partial charge in [-0.3, -0.25) is 9.78 Å². The van der Waals surface area contributed by atoms with Crippen LogP contribution in [0.3, 0.4) is 0 Å². The summed E-state index contributed by atoms with van der Waals surface area (Å²) in [5, 5.41) is 3.17. The average molecular weight is 234 g/mol. The molecular weight excluding hydrogens is 216 g/mol. The zero-order valence-corrected chi connectivity index (χ0v) is 10.1. The van der Waals surface area contributed by atoms with Crippen LogP contribution in [0, 0.1) is 5.92 Å². The monoisotopic (exact) mass is 234 g/mol. The van der Waals surface area contributed by atoms with Crippen molar-refractivity contribution >= 4 is 5.91 Å². The lowest BCUT2D eigenvalue weighted by atomic mass is 9.98. The molecule has 5 nitrogen and oxygen atoms in total. The van der Waals surface area contributed by atoms with Gasteiger partial charge in [-0.15, -0.1) is 0 Å². The molecule has 0 aromatic carbocycles. The Labute approximate surface area is 101 Å². The summed E-state index contributed by atoms with van der Waals surface area (Å²) in [5.74, 6) is 0.549. The summed E-state index contributed by atoms with van der Waals surface area (Å²) in [7, 11) is 1.95. The zero-order chi connectivity index (χ0) is 12.1. The fourth-order valence-corrected chi connectivity index (χ4v) is 2.28. The summed E-state index contributed by atoms with van der Waals surface area (Å²) in [5.41, 5.74) is 0.442. The van der Waals surface area contributed by atoms with Gasteiger partial charge >= 0.3 is 0 Å². The molecule has 1 aromatic rings. The molecular formula is C12H18N4O. The van der Waals surface area contributed by atoms with Crippen LogP contribution in [0.1, 0.15) is 23.3 Å². The number of likely N-dealkylation sites (tertiary alicyclic amines) is 1. The lowest BCUT2D eigenvalue weighted by Gasteiger charge is -2.32. The van der Waals surface area contributed by atoms with E-state index in [4.69, 9.17) is 0 Å². The molecule has 1 N–H and O–H groups in total. The second-order valence-electron chi connectivity index (χ2n) is 4.41. The molecule has 1 saturated heterocycles. The number of piperidine rings is 1. The fraction of sp³-hybridized carbons (Fsp3) is 0.583. The highest BCUT2D eigenvalue weighted by atomic mass is 16.2. The van der Waals surface area contributed by atoms with E-state index in [0.29, 0.717) is 11.6 Å². The maximum absolute atomic E-state index is 12.2. The predicted octanol–water partition coefficient (Wildman–Crippen LogP) is 0.548. The van der Waals surface area contributed by atoms with Gasteiger partial charge in [0.2, 0.25) is 0 Å². The van der Waals surface area contributed by atoms with Gasteiger partial charge in [0.05, 0.1) is 6.20 Å². The fourth-order valence-electron chi connectivity index (χ4n) is 2.28. The van der Waals surface area contributed by atoms with Crippen LogP contribution in [-0.2, 0) is 0 Å². The van der Waals surface area contributed by atoms with E-state index in [1.165, 1.54) is 12.6 Å². The Morgan fingerprint density at radius 3 is 3.18 bits per heavy atom. The molecule has 0 radical (unpaired) electrons. The summed E-state index contributed by atoms with van der Waals surface area (Å²) >= 11 is 0. The molecule has 1 aliphatic heterocycles. The van der Waals surface area contributed by atoms with Crippen molar-refractivity contribution in [1.29, 1.82) is 0 Å². The number of nitrogens with zero attached hydrogens (tertiary/aromatic N) is 3. The Kier molecular flexibility index (Phi) is 4.03. The third kappa shape index (κ3) is 3.00. The number of carbonyl (C=O) groups is 1. The Morgan fingerprint density at radius 2 is 2.47 bits per heavy atom. The summed E-state index contributed by atoms with van der Waals surface area (Å²) < 4.78 is 0. The molecule has 1 aliphatic rings. The van der Waals surface area contributed by atoms with Crippen LogP contribution in [-0.4, -0.2) is 47.5 Å². The van der Waals surface area contributed by atoms with Crippen LogP contribution in [0.4, 0.5) is 0 Å². The van der Waals surface area contributed by atoms with Crippen molar-refractivity contribution in [3.05, 3.63) is 24.3 Å². The number of hydrogen-bond donors (Lipinski definition) is 1. The maximum atomic E-state index is 12.2. The van der Waals surface area contributed by atoms with Crippen LogP contribution >= 0.6 is 0 Å². The lowest BCUT2D eigenvalue weighted by Crippen LogP contribution is -2.42. The highest BCUT2D eigenvalue weighted by Crippen LogP contribution is 2.17. The Hall–Kier alpha value is -1.49. The number of amides is 1. The van der Waals surface area contributed by atoms with Crippen LogP contribution in [0.25, 0.3) is 0 Å². The molecule has 92 valence electrons. The van der Waals surface area contributed by atoms with E-state index >= 15 is 0 Å². The SMILES string of the molecule is CNCC1CCCN(C(=O)c2cnccn2)C1. The first-order valence-electron chi connectivity index (χ1n) is 6.01. The second-order valence-corrected chi connectivity index (χ2v) is 4.41. The molecule has 1 atom stereocenters. The predicted molar refractivity (Wildman–Crippen MR) is 64.6 cm³/mol. The van der Waals surface area contributed by atoms with Crippen molar-refractivity contribution in [3.63, 3.8) is 0 Å². The number of nitrogens with one attached hydrogen (secondary N) is 1. The summed E-state index contributed by atoms with van der Waals surface area (Å²) in [6, 6.07) is 0. The van der Waals surface area contributed by atoms with Crippen LogP contribution in [0.15, 0.2) is 18.6 Å². The minimum Gasteiger partial charge on any atom is -0.337 e. The van der Waals surface area contributed by atoms with Crippen molar-refractivity contribution < 1.29 is 4.79 Å². The topological polar surface area (TPSA) is 58.1 Å². The van der Waals surface area contributed by atoms with E-state index in [2.05, 4.69) is 15.3 Å². The standard InChI is InChI=1S/C12H18N4O/c1-13-7-10-3-2-6-16(9-10)12(17)11-8-14-4-5-15-11/h4-5,8,10,13H,2-3,6-7,9H2,1H3. The smallest absolute Gasteiger partial charge is 0.274 e. The van der Waals surface area contributed by atoms with Crippen molar-refractivity contribution in [1.82, 2.24) is 20.2 Å². The molecule has 0 bridgehead atoms. The normalized spacial score (nSPS) is 20.3. The number of rotatable bonds is 3. The minimum atomic E-state index is -0.00102. The van der Waals surface area contributed by atoms with Crippen molar-refractivity contribution in [3.8, 4) is 0 Å². The van der Waals surface area contributed by atoms with Crippen molar-refractivity contribution in [2.45, 2.75) is 12.8 Å². The quantitative estimate of drug-likeness (QED) is 0.829. The Morgan fingerprint density at radius 1 is 1.59 bits per heavy atom. The molecule has 0 aliphatic carbocycles. The van der Waals surface area contributed by atoms with E-state index in [9.17, 15) is 4.79 Å². The molecule has 5 heteroatoms. The molecule has 17 heavy (non-hydrogen) atoms. The second kappa shape index (κ2) is 5.72.